The van der Waals surface area contributed by atoms with Gasteiger partial charge in [0.25, 0.3) is 0 Å². The molecule has 0 amide bonds. The van der Waals surface area contributed by atoms with Crippen molar-refractivity contribution < 1.29 is 21.6 Å². The molecule has 0 spiro atoms. The third-order valence-corrected chi connectivity index (χ3v) is 4.97. The van der Waals surface area contributed by atoms with E-state index in [0.29, 0.717) is 12.8 Å². The monoisotopic (exact) mass is 302 g/mol. The number of piperidine rings is 1. The van der Waals surface area contributed by atoms with Crippen molar-refractivity contribution in [3.05, 3.63) is 0 Å². The Balaban J connectivity index is 2.69. The van der Waals surface area contributed by atoms with E-state index in [9.17, 15) is 21.6 Å². The fourth-order valence-corrected chi connectivity index (χ4v) is 3.43. The Morgan fingerprint density at radius 1 is 1.26 bits per heavy atom. The van der Waals surface area contributed by atoms with E-state index < -0.39 is 28.2 Å². The average molecular weight is 302 g/mol. The number of hydrogen-bond acceptors (Lipinski definition) is 3. The highest BCUT2D eigenvalue weighted by Gasteiger charge is 2.54. The molecule has 2 N–H and O–H groups in total. The molecule has 0 aromatic heterocycles. The molecule has 1 rings (SSSR count). The molecule has 0 unspecified atom stereocenters. The van der Waals surface area contributed by atoms with Crippen LogP contribution < -0.4 is 10.0 Å². The van der Waals surface area contributed by atoms with Crippen molar-refractivity contribution in [2.75, 3.05) is 25.4 Å². The molecule has 0 aromatic rings. The molecule has 0 aliphatic carbocycles. The van der Waals surface area contributed by atoms with E-state index in [2.05, 4.69) is 10.0 Å². The largest absolute Gasteiger partial charge is 0.395 e. The van der Waals surface area contributed by atoms with Crippen LogP contribution in [0, 0.1) is 5.41 Å². The Morgan fingerprint density at radius 2 is 1.84 bits per heavy atom. The smallest absolute Gasteiger partial charge is 0.317 e. The number of alkyl halides is 3. The summed E-state index contributed by atoms with van der Waals surface area (Å²) in [4.78, 5) is 0. The molecule has 1 aliphatic rings. The van der Waals surface area contributed by atoms with Crippen molar-refractivity contribution in [3.63, 3.8) is 0 Å². The van der Waals surface area contributed by atoms with Gasteiger partial charge < -0.3 is 5.32 Å². The molecule has 1 saturated heterocycles. The van der Waals surface area contributed by atoms with Crippen LogP contribution in [0.1, 0.15) is 32.6 Å². The van der Waals surface area contributed by atoms with Crippen molar-refractivity contribution in [3.8, 4) is 0 Å². The minimum Gasteiger partial charge on any atom is -0.317 e. The predicted molar refractivity (Wildman–Crippen MR) is 67.3 cm³/mol. The zero-order valence-corrected chi connectivity index (χ0v) is 11.8. The molecule has 19 heavy (non-hydrogen) atoms. The van der Waals surface area contributed by atoms with Gasteiger partial charge in [-0.3, -0.25) is 0 Å². The van der Waals surface area contributed by atoms with Gasteiger partial charge in [0.2, 0.25) is 10.0 Å². The van der Waals surface area contributed by atoms with E-state index >= 15 is 0 Å². The first-order valence-corrected chi connectivity index (χ1v) is 8.12. The molecule has 1 aliphatic heterocycles. The third kappa shape index (κ3) is 4.61. The first kappa shape index (κ1) is 16.7. The Morgan fingerprint density at radius 3 is 2.32 bits per heavy atom. The molecule has 1 fully saturated rings. The summed E-state index contributed by atoms with van der Waals surface area (Å²) in [5, 5.41) is 2.87. The second-order valence-electron chi connectivity index (χ2n) is 5.02. The summed E-state index contributed by atoms with van der Waals surface area (Å²) < 4.78 is 64.8. The van der Waals surface area contributed by atoms with Gasteiger partial charge in [-0.1, -0.05) is 13.3 Å². The van der Waals surface area contributed by atoms with Crippen LogP contribution in [0.5, 0.6) is 0 Å². The van der Waals surface area contributed by atoms with E-state index in [0.717, 1.165) is 0 Å². The topological polar surface area (TPSA) is 58.2 Å². The summed E-state index contributed by atoms with van der Waals surface area (Å²) in [7, 11) is -3.61. The highest BCUT2D eigenvalue weighted by molar-refractivity contribution is 7.89. The van der Waals surface area contributed by atoms with Crippen LogP contribution in [0.4, 0.5) is 13.2 Å². The van der Waals surface area contributed by atoms with E-state index in [1.54, 1.807) is 0 Å². The number of halogens is 3. The average Bonchev–Trinajstić information content (AvgIpc) is 2.34. The Labute approximate surface area is 112 Å². The number of unbranched alkanes of at least 4 members (excludes halogenated alkanes) is 1. The summed E-state index contributed by atoms with van der Waals surface area (Å²) in [5.74, 6) is -0.115. The Hall–Kier alpha value is -0.340. The van der Waals surface area contributed by atoms with Crippen molar-refractivity contribution in [2.24, 2.45) is 5.41 Å². The summed E-state index contributed by atoms with van der Waals surface area (Å²) >= 11 is 0. The van der Waals surface area contributed by atoms with Gasteiger partial charge in [0, 0.05) is 6.54 Å². The highest BCUT2D eigenvalue weighted by atomic mass is 32.2. The van der Waals surface area contributed by atoms with Crippen molar-refractivity contribution >= 4 is 10.0 Å². The molecule has 4 nitrogen and oxygen atoms in total. The number of hydrogen-bond donors (Lipinski definition) is 2. The number of rotatable bonds is 6. The van der Waals surface area contributed by atoms with Crippen LogP contribution in [-0.4, -0.2) is 40.0 Å². The first-order valence-electron chi connectivity index (χ1n) is 6.47. The van der Waals surface area contributed by atoms with Crippen LogP contribution in [-0.2, 0) is 10.0 Å². The Bertz CT molecular complexity index is 376. The maximum atomic E-state index is 13.2. The molecule has 0 atom stereocenters. The normalized spacial score (nSPS) is 20.4. The van der Waals surface area contributed by atoms with Gasteiger partial charge in [0.15, 0.2) is 0 Å². The summed E-state index contributed by atoms with van der Waals surface area (Å²) in [6, 6.07) is 0. The predicted octanol–water partition coefficient (Wildman–Crippen LogP) is 1.64. The van der Waals surface area contributed by atoms with Crippen LogP contribution in [0.15, 0.2) is 0 Å². The lowest BCUT2D eigenvalue weighted by molar-refractivity contribution is -0.229. The van der Waals surface area contributed by atoms with E-state index in [1.165, 1.54) is 0 Å². The number of sulfonamides is 1. The van der Waals surface area contributed by atoms with Crippen LogP contribution in [0.2, 0.25) is 0 Å². The van der Waals surface area contributed by atoms with Crippen LogP contribution >= 0.6 is 0 Å². The lowest BCUT2D eigenvalue weighted by Crippen LogP contribution is -2.53. The maximum Gasteiger partial charge on any atom is 0.395 e. The van der Waals surface area contributed by atoms with Crippen molar-refractivity contribution in [1.82, 2.24) is 10.0 Å². The molecule has 0 aromatic carbocycles. The fraction of sp³-hybridized carbons (Fsp3) is 1.00. The molecule has 8 heteroatoms. The third-order valence-electron chi connectivity index (χ3n) is 3.56. The SMILES string of the molecule is CCCCS(=O)(=O)NCC1(C(F)(F)F)CCNCC1. The zero-order chi connectivity index (χ0) is 14.6. The van der Waals surface area contributed by atoms with Crippen LogP contribution in [0.3, 0.4) is 0 Å². The maximum absolute atomic E-state index is 13.2. The minimum absolute atomic E-state index is 0.0905. The lowest BCUT2D eigenvalue weighted by atomic mass is 9.78. The zero-order valence-electron chi connectivity index (χ0n) is 11.0. The van der Waals surface area contributed by atoms with Gasteiger partial charge in [-0.15, -0.1) is 0 Å². The molecule has 0 saturated carbocycles. The standard InChI is InChI=1S/C11H21F3N2O2S/c1-2-3-8-19(17,18)16-9-10(11(12,13)14)4-6-15-7-5-10/h15-16H,2-9H2,1H3. The molecule has 114 valence electrons. The lowest BCUT2D eigenvalue weighted by Gasteiger charge is -2.39. The van der Waals surface area contributed by atoms with Gasteiger partial charge in [0.1, 0.15) is 0 Å². The number of nitrogens with one attached hydrogen (secondary N) is 2. The highest BCUT2D eigenvalue weighted by Crippen LogP contribution is 2.44. The second kappa shape index (κ2) is 6.41. The van der Waals surface area contributed by atoms with E-state index in [1.807, 2.05) is 6.92 Å². The Kier molecular flexibility index (Phi) is 5.64. The minimum atomic E-state index is -4.39. The van der Waals surface area contributed by atoms with Gasteiger partial charge in [0.05, 0.1) is 11.2 Å². The summed E-state index contributed by atoms with van der Waals surface area (Å²) in [6.07, 6.45) is -3.42. The fourth-order valence-electron chi connectivity index (χ4n) is 2.12. The van der Waals surface area contributed by atoms with Crippen molar-refractivity contribution in [2.45, 2.75) is 38.8 Å². The van der Waals surface area contributed by atoms with E-state index in [4.69, 9.17) is 0 Å². The van der Waals surface area contributed by atoms with Gasteiger partial charge in [-0.2, -0.15) is 13.2 Å². The summed E-state index contributed by atoms with van der Waals surface area (Å²) in [6.45, 7) is 1.80. The van der Waals surface area contributed by atoms with Crippen LogP contribution in [0.25, 0.3) is 0 Å². The van der Waals surface area contributed by atoms with Gasteiger partial charge >= 0.3 is 6.18 Å². The molecule has 0 bridgehead atoms. The first-order chi connectivity index (χ1) is 8.72. The molecule has 1 heterocycles. The van der Waals surface area contributed by atoms with Gasteiger partial charge in [-0.05, 0) is 32.4 Å². The second-order valence-corrected chi connectivity index (χ2v) is 6.95. The molecule has 0 radical (unpaired) electrons. The molecular formula is C11H21F3N2O2S. The molecular weight excluding hydrogens is 281 g/mol. The van der Waals surface area contributed by atoms with Crippen molar-refractivity contribution in [1.29, 1.82) is 0 Å². The van der Waals surface area contributed by atoms with Gasteiger partial charge in [-0.25, -0.2) is 13.1 Å². The van der Waals surface area contributed by atoms with E-state index in [-0.39, 0.29) is 31.7 Å². The quantitative estimate of drug-likeness (QED) is 0.784. The summed E-state index contributed by atoms with van der Waals surface area (Å²) in [5.41, 5.74) is -1.93.